The van der Waals surface area contributed by atoms with Gasteiger partial charge in [0, 0.05) is 13.6 Å². The third-order valence-electron chi connectivity index (χ3n) is 1.82. The monoisotopic (exact) mass is 212 g/mol. The van der Waals surface area contributed by atoms with Gasteiger partial charge in [-0.2, -0.15) is 15.0 Å². The van der Waals surface area contributed by atoms with E-state index in [1.54, 1.807) is 0 Å². The molecule has 0 atom stereocenters. The van der Waals surface area contributed by atoms with Gasteiger partial charge >= 0.3 is 6.01 Å². The summed E-state index contributed by atoms with van der Waals surface area (Å²) in [6.07, 6.45) is 1.01. The molecule has 0 amide bonds. The Bertz CT molecular complexity index is 296. The zero-order valence-corrected chi connectivity index (χ0v) is 9.19. The van der Waals surface area contributed by atoms with Crippen LogP contribution in [0.1, 0.15) is 13.3 Å². The summed E-state index contributed by atoms with van der Waals surface area (Å²) in [4.78, 5) is 14.0. The number of hydrogen-bond acceptors (Lipinski definition) is 7. The van der Waals surface area contributed by atoms with Crippen LogP contribution in [0.2, 0.25) is 0 Å². The van der Waals surface area contributed by atoms with Crippen LogP contribution in [0.3, 0.4) is 0 Å². The van der Waals surface area contributed by atoms with Crippen molar-refractivity contribution in [1.29, 1.82) is 0 Å². The number of hydrogen-bond donors (Lipinski definition) is 2. The second-order valence-electron chi connectivity index (χ2n) is 3.01. The molecule has 15 heavy (non-hydrogen) atoms. The van der Waals surface area contributed by atoms with E-state index in [9.17, 15) is 0 Å². The molecule has 0 unspecified atom stereocenters. The Balaban J connectivity index is 2.95. The van der Waals surface area contributed by atoms with Crippen LogP contribution >= 0.6 is 0 Å². The third-order valence-corrected chi connectivity index (χ3v) is 1.82. The molecular formula is C8H16N6O. The van der Waals surface area contributed by atoms with Crippen LogP contribution in [0.25, 0.3) is 0 Å². The number of nitrogens with one attached hydrogen (secondary N) is 1. The fourth-order valence-corrected chi connectivity index (χ4v) is 1.11. The van der Waals surface area contributed by atoms with Crippen molar-refractivity contribution in [3.05, 3.63) is 0 Å². The second-order valence-corrected chi connectivity index (χ2v) is 3.01. The highest BCUT2D eigenvalue weighted by molar-refractivity contribution is 5.36. The minimum atomic E-state index is 0.246. The molecule has 0 radical (unpaired) electrons. The SMILES string of the molecule is CCCN(C)c1nc(NN)nc(OC)n1. The van der Waals surface area contributed by atoms with E-state index in [4.69, 9.17) is 10.6 Å². The maximum absolute atomic E-state index is 5.24. The molecule has 1 heterocycles. The van der Waals surface area contributed by atoms with Gasteiger partial charge in [-0.15, -0.1) is 0 Å². The number of methoxy groups -OCH3 is 1. The van der Waals surface area contributed by atoms with E-state index in [0.717, 1.165) is 13.0 Å². The van der Waals surface area contributed by atoms with Crippen molar-refractivity contribution in [3.63, 3.8) is 0 Å². The van der Waals surface area contributed by atoms with Crippen molar-refractivity contribution in [2.75, 3.05) is 31.0 Å². The highest BCUT2D eigenvalue weighted by Crippen LogP contribution is 2.12. The van der Waals surface area contributed by atoms with Crippen LogP contribution in [-0.2, 0) is 0 Å². The normalized spacial score (nSPS) is 9.87. The van der Waals surface area contributed by atoms with Crippen molar-refractivity contribution >= 4 is 11.9 Å². The van der Waals surface area contributed by atoms with Crippen LogP contribution in [0, 0.1) is 0 Å². The minimum absolute atomic E-state index is 0.246. The highest BCUT2D eigenvalue weighted by atomic mass is 16.5. The summed E-state index contributed by atoms with van der Waals surface area (Å²) in [5.74, 6) is 6.07. The van der Waals surface area contributed by atoms with Gasteiger partial charge in [0.2, 0.25) is 11.9 Å². The van der Waals surface area contributed by atoms with E-state index in [0.29, 0.717) is 11.9 Å². The number of rotatable bonds is 5. The van der Waals surface area contributed by atoms with Crippen molar-refractivity contribution in [2.24, 2.45) is 5.84 Å². The molecular weight excluding hydrogens is 196 g/mol. The van der Waals surface area contributed by atoms with E-state index in [2.05, 4.69) is 27.3 Å². The number of aromatic nitrogens is 3. The topological polar surface area (TPSA) is 89.2 Å². The third kappa shape index (κ3) is 2.91. The fourth-order valence-electron chi connectivity index (χ4n) is 1.11. The number of nitrogens with zero attached hydrogens (tertiary/aromatic N) is 4. The first-order valence-corrected chi connectivity index (χ1v) is 4.69. The Morgan fingerprint density at radius 1 is 1.40 bits per heavy atom. The lowest BCUT2D eigenvalue weighted by Gasteiger charge is -2.16. The standard InChI is InChI=1S/C8H16N6O/c1-4-5-14(2)7-10-6(13-9)11-8(12-7)15-3/h4-5,9H2,1-3H3,(H,10,11,12,13). The van der Waals surface area contributed by atoms with Gasteiger partial charge in [0.15, 0.2) is 0 Å². The zero-order chi connectivity index (χ0) is 11.3. The number of nitrogens with two attached hydrogens (primary N) is 1. The molecule has 0 bridgehead atoms. The average molecular weight is 212 g/mol. The lowest BCUT2D eigenvalue weighted by atomic mass is 10.4. The number of ether oxygens (including phenoxy) is 1. The van der Waals surface area contributed by atoms with Crippen molar-refractivity contribution in [2.45, 2.75) is 13.3 Å². The summed E-state index contributed by atoms with van der Waals surface area (Å²) in [7, 11) is 3.40. The molecule has 1 rings (SSSR count). The lowest BCUT2D eigenvalue weighted by Crippen LogP contribution is -2.22. The predicted octanol–water partition coefficient (Wildman–Crippen LogP) is 0.0120. The summed E-state index contributed by atoms with van der Waals surface area (Å²) >= 11 is 0. The summed E-state index contributed by atoms with van der Waals surface area (Å²) in [5, 5.41) is 0. The first-order valence-electron chi connectivity index (χ1n) is 4.69. The largest absolute Gasteiger partial charge is 0.467 e. The maximum Gasteiger partial charge on any atom is 0.322 e. The molecule has 0 saturated carbocycles. The van der Waals surface area contributed by atoms with Crippen LogP contribution in [0.5, 0.6) is 6.01 Å². The van der Waals surface area contributed by atoms with Gasteiger partial charge in [-0.3, -0.25) is 5.43 Å². The molecule has 1 aromatic rings. The van der Waals surface area contributed by atoms with Gasteiger partial charge in [-0.1, -0.05) is 6.92 Å². The van der Waals surface area contributed by atoms with Crippen LogP contribution in [0.4, 0.5) is 11.9 Å². The minimum Gasteiger partial charge on any atom is -0.467 e. The van der Waals surface area contributed by atoms with E-state index in [-0.39, 0.29) is 6.01 Å². The van der Waals surface area contributed by atoms with Crippen LogP contribution < -0.4 is 20.9 Å². The van der Waals surface area contributed by atoms with Gasteiger partial charge in [-0.05, 0) is 6.42 Å². The van der Waals surface area contributed by atoms with Gasteiger partial charge < -0.3 is 9.64 Å². The zero-order valence-electron chi connectivity index (χ0n) is 9.19. The number of anilines is 2. The number of hydrazine groups is 1. The molecule has 0 fully saturated rings. The van der Waals surface area contributed by atoms with E-state index >= 15 is 0 Å². The molecule has 1 aromatic heterocycles. The molecule has 7 heteroatoms. The molecule has 7 nitrogen and oxygen atoms in total. The van der Waals surface area contributed by atoms with Crippen molar-refractivity contribution < 1.29 is 4.74 Å². The molecule has 84 valence electrons. The predicted molar refractivity (Wildman–Crippen MR) is 57.8 cm³/mol. The Morgan fingerprint density at radius 2 is 2.13 bits per heavy atom. The Kier molecular flexibility index (Phi) is 4.04. The molecule has 3 N–H and O–H groups in total. The second kappa shape index (κ2) is 5.30. The maximum atomic E-state index is 5.24. The molecule has 0 aromatic carbocycles. The smallest absolute Gasteiger partial charge is 0.322 e. The van der Waals surface area contributed by atoms with E-state index < -0.39 is 0 Å². The lowest BCUT2D eigenvalue weighted by molar-refractivity contribution is 0.379. The van der Waals surface area contributed by atoms with Gasteiger partial charge in [0.25, 0.3) is 0 Å². The van der Waals surface area contributed by atoms with Crippen molar-refractivity contribution in [3.8, 4) is 6.01 Å². The molecule has 0 saturated heterocycles. The van der Waals surface area contributed by atoms with Crippen LogP contribution in [0.15, 0.2) is 0 Å². The Morgan fingerprint density at radius 3 is 2.67 bits per heavy atom. The first-order chi connectivity index (χ1) is 7.21. The van der Waals surface area contributed by atoms with Crippen molar-refractivity contribution in [1.82, 2.24) is 15.0 Å². The molecule has 0 aliphatic rings. The molecule has 0 spiro atoms. The average Bonchev–Trinajstić information content (AvgIpc) is 2.28. The highest BCUT2D eigenvalue weighted by Gasteiger charge is 2.09. The summed E-state index contributed by atoms with van der Waals surface area (Å²) in [5.41, 5.74) is 2.37. The summed E-state index contributed by atoms with van der Waals surface area (Å²) in [6, 6.07) is 0.246. The van der Waals surface area contributed by atoms with E-state index in [1.807, 2.05) is 11.9 Å². The van der Waals surface area contributed by atoms with Gasteiger partial charge in [0.05, 0.1) is 7.11 Å². The van der Waals surface area contributed by atoms with Crippen LogP contribution in [-0.4, -0.2) is 35.7 Å². The Labute approximate surface area is 88.6 Å². The van der Waals surface area contributed by atoms with Gasteiger partial charge in [0.1, 0.15) is 0 Å². The Hall–Kier alpha value is -1.63. The van der Waals surface area contributed by atoms with E-state index in [1.165, 1.54) is 7.11 Å². The van der Waals surface area contributed by atoms with Gasteiger partial charge in [-0.25, -0.2) is 5.84 Å². The summed E-state index contributed by atoms with van der Waals surface area (Å²) in [6.45, 7) is 2.94. The quantitative estimate of drug-likeness (QED) is 0.525. The first kappa shape index (κ1) is 11.4. The molecule has 0 aliphatic heterocycles. The molecule has 0 aliphatic carbocycles. The number of nitrogen functional groups attached to an aromatic ring is 1. The fraction of sp³-hybridized carbons (Fsp3) is 0.625. The summed E-state index contributed by atoms with van der Waals surface area (Å²) < 4.78 is 4.94.